The molecule has 15 heavy (non-hydrogen) atoms. The molecule has 0 unspecified atom stereocenters. The second kappa shape index (κ2) is 4.46. The fourth-order valence-corrected chi connectivity index (χ4v) is 1.57. The van der Waals surface area contributed by atoms with Crippen molar-refractivity contribution in [2.24, 2.45) is 0 Å². The molecule has 0 radical (unpaired) electrons. The smallest absolute Gasteiger partial charge is 0.233 e. The Bertz CT molecular complexity index is 466. The predicted molar refractivity (Wildman–Crippen MR) is 58.8 cm³/mol. The minimum atomic E-state index is -3.44. The molecule has 5 heteroatoms. The first kappa shape index (κ1) is 11.7. The molecule has 0 saturated carbocycles. The lowest BCUT2D eigenvalue weighted by molar-refractivity contribution is 0.463. The maximum Gasteiger partial charge on any atom is 0.233 e. The summed E-state index contributed by atoms with van der Waals surface area (Å²) in [7, 11) is -3.44. The van der Waals surface area contributed by atoms with Crippen LogP contribution in [0.4, 0.5) is 0 Å². The van der Waals surface area contributed by atoms with Crippen LogP contribution < -0.4 is 4.72 Å². The van der Waals surface area contributed by atoms with E-state index < -0.39 is 10.0 Å². The number of phenolic OH excluding ortho intramolecular Hbond substituents is 1. The zero-order chi connectivity index (χ0) is 11.5. The third-order valence-corrected chi connectivity index (χ3v) is 2.99. The van der Waals surface area contributed by atoms with Gasteiger partial charge in [0.25, 0.3) is 0 Å². The molecule has 0 aliphatic carbocycles. The van der Waals surface area contributed by atoms with Crippen molar-refractivity contribution < 1.29 is 13.5 Å². The Hall–Kier alpha value is -1.33. The Morgan fingerprint density at radius 2 is 2.20 bits per heavy atom. The number of hydrogen-bond donors (Lipinski definition) is 2. The summed E-state index contributed by atoms with van der Waals surface area (Å²) in [6, 6.07) is 5.17. The molecule has 0 aromatic heterocycles. The summed E-state index contributed by atoms with van der Waals surface area (Å²) in [6.45, 7) is 4.98. The molecular formula is C10H13NO3S. The molecule has 0 saturated heterocycles. The average molecular weight is 227 g/mol. The van der Waals surface area contributed by atoms with Crippen molar-refractivity contribution in [1.29, 1.82) is 0 Å². The van der Waals surface area contributed by atoms with E-state index in [0.717, 1.165) is 5.41 Å². The molecule has 2 N–H and O–H groups in total. The zero-order valence-electron chi connectivity index (χ0n) is 8.40. The van der Waals surface area contributed by atoms with Crippen LogP contribution in [0.1, 0.15) is 11.1 Å². The minimum absolute atomic E-state index is 0.0574. The van der Waals surface area contributed by atoms with Crippen molar-refractivity contribution in [3.05, 3.63) is 41.3 Å². The summed E-state index contributed by atoms with van der Waals surface area (Å²) in [6.07, 6.45) is 0. The van der Waals surface area contributed by atoms with Crippen LogP contribution in [0, 0.1) is 6.92 Å². The van der Waals surface area contributed by atoms with Gasteiger partial charge in [-0.2, -0.15) is 0 Å². The van der Waals surface area contributed by atoms with Crippen LogP contribution in [-0.4, -0.2) is 13.5 Å². The Labute approximate surface area is 89.3 Å². The molecule has 0 spiro atoms. The van der Waals surface area contributed by atoms with Crippen LogP contribution in [0.5, 0.6) is 5.75 Å². The van der Waals surface area contributed by atoms with Crippen molar-refractivity contribution in [2.45, 2.75) is 13.5 Å². The number of nitrogens with one attached hydrogen (secondary N) is 1. The van der Waals surface area contributed by atoms with E-state index in [1.165, 1.54) is 0 Å². The zero-order valence-corrected chi connectivity index (χ0v) is 9.21. The highest BCUT2D eigenvalue weighted by Crippen LogP contribution is 2.21. The highest BCUT2D eigenvalue weighted by atomic mass is 32.2. The second-order valence-electron chi connectivity index (χ2n) is 3.12. The van der Waals surface area contributed by atoms with E-state index in [2.05, 4.69) is 11.3 Å². The summed E-state index contributed by atoms with van der Waals surface area (Å²) in [5.41, 5.74) is 1.26. The Kier molecular flexibility index (Phi) is 3.49. The van der Waals surface area contributed by atoms with Gasteiger partial charge in [-0.25, -0.2) is 13.1 Å². The largest absolute Gasteiger partial charge is 0.507 e. The maximum atomic E-state index is 11.1. The Morgan fingerprint density at radius 3 is 2.80 bits per heavy atom. The number of phenols is 1. The summed E-state index contributed by atoms with van der Waals surface area (Å²) in [4.78, 5) is 0. The molecule has 0 amide bonds. The fourth-order valence-electron chi connectivity index (χ4n) is 1.10. The van der Waals surface area contributed by atoms with E-state index in [4.69, 9.17) is 0 Å². The van der Waals surface area contributed by atoms with Crippen molar-refractivity contribution in [2.75, 3.05) is 0 Å². The van der Waals surface area contributed by atoms with Crippen molar-refractivity contribution in [1.82, 2.24) is 4.72 Å². The van der Waals surface area contributed by atoms with Gasteiger partial charge in [0.1, 0.15) is 5.75 Å². The SMILES string of the molecule is C=CS(=O)(=O)NCc1cccc(C)c1O. The van der Waals surface area contributed by atoms with Gasteiger partial charge in [0.15, 0.2) is 0 Å². The molecule has 0 aliphatic rings. The van der Waals surface area contributed by atoms with E-state index >= 15 is 0 Å². The van der Waals surface area contributed by atoms with Crippen LogP contribution in [0.25, 0.3) is 0 Å². The van der Waals surface area contributed by atoms with Gasteiger partial charge in [-0.05, 0) is 12.5 Å². The Balaban J connectivity index is 2.83. The standard InChI is InChI=1S/C10H13NO3S/c1-3-15(13,14)11-7-9-6-4-5-8(2)10(9)12/h3-6,11-12H,1,7H2,2H3. The summed E-state index contributed by atoms with van der Waals surface area (Å²) in [5.74, 6) is 0.115. The predicted octanol–water partition coefficient (Wildman–Crippen LogP) is 1.26. The molecule has 82 valence electrons. The number of aromatic hydroxyl groups is 1. The molecule has 1 aromatic rings. The van der Waals surface area contributed by atoms with Crippen LogP contribution in [-0.2, 0) is 16.6 Å². The van der Waals surface area contributed by atoms with E-state index in [1.54, 1.807) is 25.1 Å². The number of rotatable bonds is 4. The number of sulfonamides is 1. The fraction of sp³-hybridized carbons (Fsp3) is 0.200. The lowest BCUT2D eigenvalue weighted by atomic mass is 10.1. The van der Waals surface area contributed by atoms with E-state index in [9.17, 15) is 13.5 Å². The van der Waals surface area contributed by atoms with Crippen LogP contribution >= 0.6 is 0 Å². The normalized spacial score (nSPS) is 11.3. The molecule has 1 rings (SSSR count). The van der Waals surface area contributed by atoms with Gasteiger partial charge in [0.2, 0.25) is 10.0 Å². The van der Waals surface area contributed by atoms with Gasteiger partial charge in [0, 0.05) is 17.5 Å². The van der Waals surface area contributed by atoms with E-state index in [1.807, 2.05) is 0 Å². The number of aryl methyl sites for hydroxylation is 1. The molecule has 0 atom stereocenters. The van der Waals surface area contributed by atoms with E-state index in [0.29, 0.717) is 11.1 Å². The molecular weight excluding hydrogens is 214 g/mol. The van der Waals surface area contributed by atoms with E-state index in [-0.39, 0.29) is 12.3 Å². The summed E-state index contributed by atoms with van der Waals surface area (Å²) < 4.78 is 24.4. The molecule has 4 nitrogen and oxygen atoms in total. The maximum absolute atomic E-state index is 11.1. The van der Waals surface area contributed by atoms with Gasteiger partial charge in [0.05, 0.1) is 0 Å². The van der Waals surface area contributed by atoms with Gasteiger partial charge in [-0.3, -0.25) is 0 Å². The van der Waals surface area contributed by atoms with Crippen molar-refractivity contribution >= 4 is 10.0 Å². The van der Waals surface area contributed by atoms with Gasteiger partial charge in [-0.1, -0.05) is 24.8 Å². The molecule has 0 heterocycles. The molecule has 0 fully saturated rings. The average Bonchev–Trinajstić information content (AvgIpc) is 2.20. The summed E-state index contributed by atoms with van der Waals surface area (Å²) >= 11 is 0. The molecule has 0 aliphatic heterocycles. The first-order valence-electron chi connectivity index (χ1n) is 4.36. The highest BCUT2D eigenvalue weighted by molar-refractivity contribution is 7.92. The van der Waals surface area contributed by atoms with Crippen LogP contribution in [0.2, 0.25) is 0 Å². The Morgan fingerprint density at radius 1 is 1.53 bits per heavy atom. The summed E-state index contributed by atoms with van der Waals surface area (Å²) in [5, 5.41) is 10.4. The lowest BCUT2D eigenvalue weighted by Crippen LogP contribution is -2.20. The van der Waals surface area contributed by atoms with Crippen LogP contribution in [0.3, 0.4) is 0 Å². The number of benzene rings is 1. The second-order valence-corrected chi connectivity index (χ2v) is 4.83. The molecule has 0 bridgehead atoms. The van der Waals surface area contributed by atoms with Crippen molar-refractivity contribution in [3.63, 3.8) is 0 Å². The first-order valence-corrected chi connectivity index (χ1v) is 5.90. The first-order chi connectivity index (χ1) is 6.96. The quantitative estimate of drug-likeness (QED) is 0.813. The minimum Gasteiger partial charge on any atom is -0.507 e. The van der Waals surface area contributed by atoms with Gasteiger partial charge < -0.3 is 5.11 Å². The van der Waals surface area contributed by atoms with Crippen molar-refractivity contribution in [3.8, 4) is 5.75 Å². The van der Waals surface area contributed by atoms with Crippen LogP contribution in [0.15, 0.2) is 30.2 Å². The molecule has 1 aromatic carbocycles. The monoisotopic (exact) mass is 227 g/mol. The number of hydrogen-bond acceptors (Lipinski definition) is 3. The van der Waals surface area contributed by atoms with Gasteiger partial charge >= 0.3 is 0 Å². The third-order valence-electron chi connectivity index (χ3n) is 2.00. The third kappa shape index (κ3) is 3.07. The van der Waals surface area contributed by atoms with Gasteiger partial charge in [-0.15, -0.1) is 0 Å². The highest BCUT2D eigenvalue weighted by Gasteiger charge is 2.07. The lowest BCUT2D eigenvalue weighted by Gasteiger charge is -2.07. The topological polar surface area (TPSA) is 66.4 Å². The number of para-hydroxylation sites is 1.